The SMILES string of the molecule is [1H][13C]([2H])(C)Sc1ccccc1OC. The fraction of sp³-hybridized carbons (Fsp3) is 0.333. The Labute approximate surface area is 74.6 Å². The van der Waals surface area contributed by atoms with E-state index in [1.807, 2.05) is 24.3 Å². The molecular weight excluding hydrogens is 157 g/mol. The molecule has 0 saturated heterocycles. The Hall–Kier alpha value is -0.630. The molecule has 1 aromatic carbocycles. The molecule has 2 heteroatoms. The van der Waals surface area contributed by atoms with Crippen molar-refractivity contribution in [3.05, 3.63) is 24.3 Å². The van der Waals surface area contributed by atoms with Crippen LogP contribution in [0.3, 0.4) is 0 Å². The van der Waals surface area contributed by atoms with Gasteiger partial charge in [0, 0.05) is 7.64 Å². The van der Waals surface area contributed by atoms with Crippen molar-refractivity contribution < 1.29 is 7.48 Å². The molecule has 0 amide bonds. The number of benzene rings is 1. The second kappa shape index (κ2) is 4.29. The van der Waals surface area contributed by atoms with Crippen molar-refractivity contribution >= 4 is 11.8 Å². The topological polar surface area (TPSA) is 9.23 Å². The molecule has 0 bridgehead atoms. The second-order valence-corrected chi connectivity index (χ2v) is 3.01. The maximum atomic E-state index is 7.42. The highest BCUT2D eigenvalue weighted by molar-refractivity contribution is 7.99. The van der Waals surface area contributed by atoms with Gasteiger partial charge in [0.05, 0.1) is 7.11 Å². The minimum Gasteiger partial charge on any atom is -0.496 e. The Balaban J connectivity index is 2.87. The molecule has 1 nitrogen and oxygen atoms in total. The summed E-state index contributed by atoms with van der Waals surface area (Å²) in [6.45, 7) is 1.53. The highest BCUT2D eigenvalue weighted by atomic mass is 32.2. The Kier molecular flexibility index (Phi) is 2.32. The van der Waals surface area contributed by atoms with Gasteiger partial charge < -0.3 is 4.74 Å². The number of methoxy groups -OCH3 is 1. The first-order chi connectivity index (χ1) is 6.03. The first-order valence-electron chi connectivity index (χ1n) is 4.35. The van der Waals surface area contributed by atoms with Crippen molar-refractivity contribution in [2.45, 2.75) is 11.8 Å². The van der Waals surface area contributed by atoms with Crippen LogP contribution in [0.25, 0.3) is 0 Å². The summed E-state index contributed by atoms with van der Waals surface area (Å²) in [6.07, 6.45) is 0. The fourth-order valence-electron chi connectivity index (χ4n) is 0.813. The van der Waals surface area contributed by atoms with Crippen molar-refractivity contribution in [1.82, 2.24) is 0 Å². The van der Waals surface area contributed by atoms with E-state index in [0.717, 1.165) is 22.4 Å². The van der Waals surface area contributed by atoms with Crippen molar-refractivity contribution in [1.29, 1.82) is 0 Å². The normalized spacial score (nSPS) is 18.0. The molecule has 0 aromatic heterocycles. The summed E-state index contributed by atoms with van der Waals surface area (Å²) in [5, 5.41) is 0. The molecule has 1 unspecified atom stereocenters. The summed E-state index contributed by atoms with van der Waals surface area (Å²) in [6, 6.07) is 7.42. The van der Waals surface area contributed by atoms with Crippen LogP contribution in [0, 0.1) is 0 Å². The molecule has 11 heavy (non-hydrogen) atoms. The van der Waals surface area contributed by atoms with Gasteiger partial charge in [-0.2, -0.15) is 0 Å². The Bertz CT molecular complexity index is 283. The van der Waals surface area contributed by atoms with E-state index in [-0.39, 0.29) is 0 Å². The largest absolute Gasteiger partial charge is 0.496 e. The van der Waals surface area contributed by atoms with E-state index in [2.05, 4.69) is 0 Å². The first kappa shape index (κ1) is 5.95. The monoisotopic (exact) mass is 170 g/mol. The Morgan fingerprint density at radius 3 is 3.09 bits per heavy atom. The molecule has 0 aliphatic rings. The van der Waals surface area contributed by atoms with Gasteiger partial charge in [0.1, 0.15) is 5.75 Å². The van der Waals surface area contributed by atoms with Crippen LogP contribution in [-0.2, 0) is 0 Å². The van der Waals surface area contributed by atoms with Gasteiger partial charge in [0.25, 0.3) is 0 Å². The summed E-state index contributed by atoms with van der Waals surface area (Å²) >= 11 is 1.16. The van der Waals surface area contributed by atoms with E-state index in [1.54, 1.807) is 7.11 Å². The van der Waals surface area contributed by atoms with Crippen LogP contribution in [0.5, 0.6) is 5.75 Å². The van der Waals surface area contributed by atoms with Gasteiger partial charge in [0.15, 0.2) is 0 Å². The van der Waals surface area contributed by atoms with Gasteiger partial charge in [-0.25, -0.2) is 0 Å². The van der Waals surface area contributed by atoms with Crippen LogP contribution in [0.4, 0.5) is 0 Å². The van der Waals surface area contributed by atoms with Crippen molar-refractivity contribution in [3.63, 3.8) is 0 Å². The average molecular weight is 170 g/mol. The zero-order valence-electron chi connectivity index (χ0n) is 8.63. The molecule has 0 aliphatic carbocycles. The van der Waals surface area contributed by atoms with Crippen molar-refractivity contribution in [2.24, 2.45) is 0 Å². The number of hydrogen-bond acceptors (Lipinski definition) is 2. The van der Waals surface area contributed by atoms with E-state index >= 15 is 0 Å². The minimum absolute atomic E-state index is 0.721. The van der Waals surface area contributed by atoms with Crippen LogP contribution in [-0.4, -0.2) is 12.8 Å². The minimum atomic E-state index is -1.27. The molecule has 0 spiro atoms. The number of rotatable bonds is 3. The predicted molar refractivity (Wildman–Crippen MR) is 49.4 cm³/mol. The van der Waals surface area contributed by atoms with Gasteiger partial charge in [-0.15, -0.1) is 11.8 Å². The van der Waals surface area contributed by atoms with Gasteiger partial charge in [-0.3, -0.25) is 0 Å². The number of hydrogen-bond donors (Lipinski definition) is 0. The molecule has 0 aliphatic heterocycles. The van der Waals surface area contributed by atoms with Crippen LogP contribution in [0.1, 0.15) is 9.67 Å². The standard InChI is InChI=1S/C9H12OS/c1-3-11-9-7-5-4-6-8(9)10-2/h4-7H,3H2,1-2H3/i3+1DH. The summed E-state index contributed by atoms with van der Waals surface area (Å²) < 4.78 is 19.9. The van der Waals surface area contributed by atoms with E-state index in [1.165, 1.54) is 6.92 Å². The summed E-state index contributed by atoms with van der Waals surface area (Å²) in [5.41, 5.74) is -1.27. The average Bonchev–Trinajstić information content (AvgIpc) is 2.02. The zero-order chi connectivity index (χ0) is 9.90. The Morgan fingerprint density at radius 1 is 1.73 bits per heavy atom. The number of para-hydroxylation sites is 1. The van der Waals surface area contributed by atoms with Gasteiger partial charge in [0.2, 0.25) is 0 Å². The first-order valence-corrected chi connectivity index (χ1v) is 4.16. The maximum Gasteiger partial charge on any atom is 0.132 e. The molecule has 60 valence electrons. The lowest BCUT2D eigenvalue weighted by molar-refractivity contribution is 0.405. The lowest BCUT2D eigenvalue weighted by Crippen LogP contribution is -1.84. The summed E-state index contributed by atoms with van der Waals surface area (Å²) in [7, 11) is 1.59. The highest BCUT2D eigenvalue weighted by Gasteiger charge is 1.98. The van der Waals surface area contributed by atoms with Crippen LogP contribution >= 0.6 is 11.8 Å². The van der Waals surface area contributed by atoms with E-state index in [0.29, 0.717) is 0 Å². The zero-order valence-corrected chi connectivity index (χ0v) is 7.44. The lowest BCUT2D eigenvalue weighted by atomic mass is 10.3. The van der Waals surface area contributed by atoms with Crippen LogP contribution in [0.2, 0.25) is 0 Å². The summed E-state index contributed by atoms with van der Waals surface area (Å²) in [5.74, 6) is 0.721. The maximum absolute atomic E-state index is 7.42. The molecule has 0 saturated carbocycles. The molecule has 0 heterocycles. The van der Waals surface area contributed by atoms with E-state index < -0.39 is 5.70 Å². The third-order valence-electron chi connectivity index (χ3n) is 1.28. The van der Waals surface area contributed by atoms with Crippen molar-refractivity contribution in [2.75, 3.05) is 12.8 Å². The van der Waals surface area contributed by atoms with E-state index in [9.17, 15) is 0 Å². The van der Waals surface area contributed by atoms with Crippen LogP contribution in [0.15, 0.2) is 29.2 Å². The van der Waals surface area contributed by atoms with Crippen molar-refractivity contribution in [3.8, 4) is 5.75 Å². The smallest absolute Gasteiger partial charge is 0.132 e. The molecule has 0 fully saturated rings. The number of thioether (sulfide) groups is 1. The van der Waals surface area contributed by atoms with E-state index in [4.69, 9.17) is 7.48 Å². The molecule has 0 N–H and O–H groups in total. The third kappa shape index (κ3) is 2.15. The fourth-order valence-corrected chi connectivity index (χ4v) is 1.43. The Morgan fingerprint density at radius 2 is 2.45 bits per heavy atom. The van der Waals surface area contributed by atoms with Gasteiger partial charge in [-0.05, 0) is 17.8 Å². The predicted octanol–water partition coefficient (Wildman–Crippen LogP) is 2.81. The quantitative estimate of drug-likeness (QED) is 0.509. The molecule has 1 rings (SSSR count). The molecule has 1 aromatic rings. The highest BCUT2D eigenvalue weighted by Crippen LogP contribution is 2.27. The van der Waals surface area contributed by atoms with Crippen LogP contribution < -0.4 is 4.74 Å². The lowest BCUT2D eigenvalue weighted by Gasteiger charge is -2.04. The van der Waals surface area contributed by atoms with Gasteiger partial charge >= 0.3 is 0 Å². The second-order valence-electron chi connectivity index (χ2n) is 1.96. The number of ether oxygens (including phenoxy) is 1. The third-order valence-corrected chi connectivity index (χ3v) is 2.04. The molecule has 0 radical (unpaired) electrons. The molecular formula is C9H12OS. The summed E-state index contributed by atoms with van der Waals surface area (Å²) in [4.78, 5) is 0.831. The molecule has 1 atom stereocenters. The van der Waals surface area contributed by atoms with Gasteiger partial charge in [-0.1, -0.05) is 19.1 Å².